The van der Waals surface area contributed by atoms with Gasteiger partial charge < -0.3 is 15.5 Å². The summed E-state index contributed by atoms with van der Waals surface area (Å²) < 4.78 is 0. The van der Waals surface area contributed by atoms with Crippen LogP contribution in [0.25, 0.3) is 0 Å². The van der Waals surface area contributed by atoms with Crippen LogP contribution in [0.4, 0.5) is 5.69 Å². The normalized spacial score (nSPS) is 12.5. The second-order valence-corrected chi connectivity index (χ2v) is 4.51. The van der Waals surface area contributed by atoms with E-state index in [0.29, 0.717) is 6.54 Å². The highest BCUT2D eigenvalue weighted by Crippen LogP contribution is 2.19. The fraction of sp³-hybridized carbons (Fsp3) is 0.455. The minimum absolute atomic E-state index is 0.212. The van der Waals surface area contributed by atoms with Gasteiger partial charge in [-0.15, -0.1) is 11.8 Å². The van der Waals surface area contributed by atoms with Gasteiger partial charge in [0, 0.05) is 17.1 Å². The lowest BCUT2D eigenvalue weighted by Crippen LogP contribution is -2.22. The summed E-state index contributed by atoms with van der Waals surface area (Å²) in [4.78, 5) is 1.24. The molecule has 1 aromatic rings. The molecule has 0 bridgehead atoms. The fourth-order valence-corrected chi connectivity index (χ4v) is 1.80. The molecule has 0 aliphatic heterocycles. The van der Waals surface area contributed by atoms with Gasteiger partial charge in [-0.3, -0.25) is 0 Å². The molecule has 0 fully saturated rings. The van der Waals surface area contributed by atoms with Crippen molar-refractivity contribution < 1.29 is 10.2 Å². The molecule has 1 rings (SSSR count). The molecule has 0 saturated carbocycles. The van der Waals surface area contributed by atoms with Crippen LogP contribution in [0, 0.1) is 0 Å². The SMILES string of the molecule is CCSc1ccc(NCC(O)CO)cc1. The van der Waals surface area contributed by atoms with Crippen LogP contribution in [-0.4, -0.2) is 35.2 Å². The molecule has 1 unspecified atom stereocenters. The molecule has 3 N–H and O–H groups in total. The number of benzene rings is 1. The maximum absolute atomic E-state index is 9.14. The first kappa shape index (κ1) is 12.4. The number of rotatable bonds is 6. The van der Waals surface area contributed by atoms with Gasteiger partial charge in [0.1, 0.15) is 0 Å². The maximum atomic E-state index is 9.14. The maximum Gasteiger partial charge on any atom is 0.0942 e. The number of thioether (sulfide) groups is 1. The average molecular weight is 227 g/mol. The fourth-order valence-electron chi connectivity index (χ4n) is 1.14. The van der Waals surface area contributed by atoms with Gasteiger partial charge in [-0.1, -0.05) is 6.92 Å². The third-order valence-corrected chi connectivity index (χ3v) is 2.81. The molecule has 0 radical (unpaired) electrons. The standard InChI is InChI=1S/C11H17NO2S/c1-2-15-11-5-3-9(4-6-11)12-7-10(14)8-13/h3-6,10,12-14H,2,7-8H2,1H3. The third kappa shape index (κ3) is 4.55. The molecule has 0 amide bonds. The van der Waals surface area contributed by atoms with Crippen LogP contribution in [-0.2, 0) is 0 Å². The van der Waals surface area contributed by atoms with Crippen LogP contribution in [0.1, 0.15) is 6.92 Å². The molecular weight excluding hydrogens is 210 g/mol. The van der Waals surface area contributed by atoms with Crippen molar-refractivity contribution in [1.29, 1.82) is 0 Å². The Hall–Kier alpha value is -0.710. The molecule has 84 valence electrons. The van der Waals surface area contributed by atoms with E-state index in [0.717, 1.165) is 11.4 Å². The lowest BCUT2D eigenvalue weighted by Gasteiger charge is -2.10. The van der Waals surface area contributed by atoms with E-state index in [4.69, 9.17) is 10.2 Å². The van der Waals surface area contributed by atoms with E-state index in [9.17, 15) is 0 Å². The largest absolute Gasteiger partial charge is 0.394 e. The highest BCUT2D eigenvalue weighted by molar-refractivity contribution is 7.99. The monoisotopic (exact) mass is 227 g/mol. The Morgan fingerprint density at radius 1 is 1.33 bits per heavy atom. The predicted molar refractivity (Wildman–Crippen MR) is 64.4 cm³/mol. The second-order valence-electron chi connectivity index (χ2n) is 3.17. The van der Waals surface area contributed by atoms with Crippen LogP contribution < -0.4 is 5.32 Å². The highest BCUT2D eigenvalue weighted by Gasteiger charge is 2.00. The van der Waals surface area contributed by atoms with Crippen molar-refractivity contribution in [2.24, 2.45) is 0 Å². The Bertz CT molecular complexity index is 276. The molecule has 0 aromatic heterocycles. The van der Waals surface area contributed by atoms with Crippen LogP contribution in [0.15, 0.2) is 29.2 Å². The van der Waals surface area contributed by atoms with Crippen LogP contribution in [0.3, 0.4) is 0 Å². The Labute approximate surface area is 94.5 Å². The van der Waals surface area contributed by atoms with Gasteiger partial charge in [0.15, 0.2) is 0 Å². The predicted octanol–water partition coefficient (Wildman–Crippen LogP) is 1.56. The summed E-state index contributed by atoms with van der Waals surface area (Å²) >= 11 is 1.80. The lowest BCUT2D eigenvalue weighted by molar-refractivity contribution is 0.105. The Morgan fingerprint density at radius 2 is 2.00 bits per heavy atom. The zero-order valence-electron chi connectivity index (χ0n) is 8.81. The van der Waals surface area contributed by atoms with Gasteiger partial charge in [0.25, 0.3) is 0 Å². The molecule has 15 heavy (non-hydrogen) atoms. The van der Waals surface area contributed by atoms with E-state index in [-0.39, 0.29) is 6.61 Å². The Kier molecular flexibility index (Phi) is 5.53. The topological polar surface area (TPSA) is 52.5 Å². The number of hydrogen-bond acceptors (Lipinski definition) is 4. The first-order valence-corrected chi connectivity index (χ1v) is 6.00. The number of hydrogen-bond donors (Lipinski definition) is 3. The second kappa shape index (κ2) is 6.71. The summed E-state index contributed by atoms with van der Waals surface area (Å²) in [6.07, 6.45) is -0.699. The van der Waals surface area contributed by atoms with Gasteiger partial charge in [0.2, 0.25) is 0 Å². The van der Waals surface area contributed by atoms with Crippen molar-refractivity contribution in [2.45, 2.75) is 17.9 Å². The molecule has 0 heterocycles. The highest BCUT2D eigenvalue weighted by atomic mass is 32.2. The van der Waals surface area contributed by atoms with Crippen molar-refractivity contribution in [3.63, 3.8) is 0 Å². The van der Waals surface area contributed by atoms with E-state index in [1.54, 1.807) is 11.8 Å². The van der Waals surface area contributed by atoms with Crippen LogP contribution in [0.2, 0.25) is 0 Å². The molecule has 1 aromatic carbocycles. The molecule has 1 atom stereocenters. The number of anilines is 1. The summed E-state index contributed by atoms with van der Waals surface area (Å²) in [6.45, 7) is 2.28. The van der Waals surface area contributed by atoms with Gasteiger partial charge in [-0.2, -0.15) is 0 Å². The van der Waals surface area contributed by atoms with Crippen molar-refractivity contribution in [3.05, 3.63) is 24.3 Å². The van der Waals surface area contributed by atoms with Gasteiger partial charge >= 0.3 is 0 Å². The van der Waals surface area contributed by atoms with E-state index in [1.807, 2.05) is 24.3 Å². The smallest absolute Gasteiger partial charge is 0.0942 e. The first-order valence-electron chi connectivity index (χ1n) is 5.02. The van der Waals surface area contributed by atoms with Crippen molar-refractivity contribution in [2.75, 3.05) is 24.2 Å². The average Bonchev–Trinajstić information content (AvgIpc) is 2.28. The summed E-state index contributed by atoms with van der Waals surface area (Å²) in [5.74, 6) is 1.07. The molecule has 3 nitrogen and oxygen atoms in total. The number of nitrogens with one attached hydrogen (secondary N) is 1. The van der Waals surface area contributed by atoms with Gasteiger partial charge in [0.05, 0.1) is 12.7 Å². The van der Waals surface area contributed by atoms with E-state index in [2.05, 4.69) is 12.2 Å². The van der Waals surface area contributed by atoms with Gasteiger partial charge in [-0.25, -0.2) is 0 Å². The zero-order chi connectivity index (χ0) is 11.1. The zero-order valence-corrected chi connectivity index (χ0v) is 9.63. The summed E-state index contributed by atoms with van der Waals surface area (Å²) in [7, 11) is 0. The quantitative estimate of drug-likeness (QED) is 0.646. The molecule has 0 aliphatic rings. The van der Waals surface area contributed by atoms with Crippen LogP contribution in [0.5, 0.6) is 0 Å². The summed E-state index contributed by atoms with van der Waals surface area (Å²) in [5, 5.41) is 20.8. The molecule has 0 aliphatic carbocycles. The minimum atomic E-state index is -0.699. The third-order valence-electron chi connectivity index (χ3n) is 1.92. The minimum Gasteiger partial charge on any atom is -0.394 e. The number of aliphatic hydroxyl groups excluding tert-OH is 2. The van der Waals surface area contributed by atoms with E-state index >= 15 is 0 Å². The number of aliphatic hydroxyl groups is 2. The van der Waals surface area contributed by atoms with Crippen molar-refractivity contribution >= 4 is 17.4 Å². The van der Waals surface area contributed by atoms with Crippen molar-refractivity contribution in [3.8, 4) is 0 Å². The molecule has 4 heteroatoms. The summed E-state index contributed by atoms with van der Waals surface area (Å²) in [6, 6.07) is 8.04. The van der Waals surface area contributed by atoms with E-state index in [1.165, 1.54) is 4.90 Å². The molecule has 0 saturated heterocycles. The lowest BCUT2D eigenvalue weighted by atomic mass is 10.3. The molecular formula is C11H17NO2S. The Balaban J connectivity index is 2.42. The Morgan fingerprint density at radius 3 is 2.53 bits per heavy atom. The summed E-state index contributed by atoms with van der Waals surface area (Å²) in [5.41, 5.74) is 0.961. The van der Waals surface area contributed by atoms with Crippen LogP contribution >= 0.6 is 11.8 Å². The van der Waals surface area contributed by atoms with E-state index < -0.39 is 6.10 Å². The van der Waals surface area contributed by atoms with Gasteiger partial charge in [-0.05, 0) is 30.0 Å². The van der Waals surface area contributed by atoms with Crippen molar-refractivity contribution in [1.82, 2.24) is 0 Å². The molecule has 0 spiro atoms. The first-order chi connectivity index (χ1) is 7.26.